The van der Waals surface area contributed by atoms with Gasteiger partial charge in [-0.3, -0.25) is 0 Å². The summed E-state index contributed by atoms with van der Waals surface area (Å²) < 4.78 is 0. The molecule has 28 heavy (non-hydrogen) atoms. The Hall–Kier alpha value is -0.346. The molecule has 0 aromatic rings. The van der Waals surface area contributed by atoms with Crippen LogP contribution < -0.4 is 0 Å². The van der Waals surface area contributed by atoms with Crippen molar-refractivity contribution in [1.82, 2.24) is 0 Å². The summed E-state index contributed by atoms with van der Waals surface area (Å²) in [7, 11) is -3.09. The zero-order valence-electron chi connectivity index (χ0n) is 21.1. The minimum Gasteiger partial charge on any atom is -0.0840 e. The fourth-order valence-electron chi connectivity index (χ4n) is 7.71. The van der Waals surface area contributed by atoms with Gasteiger partial charge in [0.05, 0.1) is 16.1 Å². The Morgan fingerprint density at radius 2 is 0.607 bits per heavy atom. The van der Waals surface area contributed by atoms with E-state index < -0.39 is 16.1 Å². The minimum atomic E-state index is -1.54. The molecule has 0 aromatic carbocycles. The molecular formula is C26H50Si2. The highest BCUT2D eigenvalue weighted by atomic mass is 28.3. The lowest BCUT2D eigenvalue weighted by Gasteiger charge is -2.49. The standard InChI is InChI=1S/C26H50Si2/c1-19(2)27(20(3)4,21(5)6)25-15-13-14-16-26(18-17-25)28(22(7)8,23(9)10)24(11)12/h13-26H,1-12H3. The monoisotopic (exact) mass is 418 g/mol. The minimum absolute atomic E-state index is 0.637. The molecule has 0 N–H and O–H groups in total. The topological polar surface area (TPSA) is 0 Å². The number of allylic oxidation sites excluding steroid dienone is 6. The van der Waals surface area contributed by atoms with E-state index in [1.165, 1.54) is 0 Å². The molecule has 0 saturated heterocycles. The first-order valence-corrected chi connectivity index (χ1v) is 16.5. The van der Waals surface area contributed by atoms with Gasteiger partial charge in [-0.2, -0.15) is 0 Å². The van der Waals surface area contributed by atoms with Crippen molar-refractivity contribution in [2.24, 2.45) is 0 Å². The van der Waals surface area contributed by atoms with E-state index in [1.54, 1.807) is 0 Å². The molecule has 0 saturated carbocycles. The van der Waals surface area contributed by atoms with Gasteiger partial charge in [0.15, 0.2) is 0 Å². The zero-order valence-corrected chi connectivity index (χ0v) is 23.1. The van der Waals surface area contributed by atoms with E-state index in [9.17, 15) is 0 Å². The predicted molar refractivity (Wildman–Crippen MR) is 137 cm³/mol. The second-order valence-corrected chi connectivity index (χ2v) is 23.4. The molecule has 1 aliphatic rings. The van der Waals surface area contributed by atoms with Gasteiger partial charge in [-0.05, 0) is 44.3 Å². The van der Waals surface area contributed by atoms with Gasteiger partial charge in [-0.1, -0.05) is 120 Å². The van der Waals surface area contributed by atoms with Crippen molar-refractivity contribution in [3.63, 3.8) is 0 Å². The molecule has 0 amide bonds. The van der Waals surface area contributed by atoms with Crippen molar-refractivity contribution in [1.29, 1.82) is 0 Å². The predicted octanol–water partition coefficient (Wildman–Crippen LogP) is 9.77. The molecule has 0 heterocycles. The first-order valence-electron chi connectivity index (χ1n) is 11.9. The molecule has 0 aliphatic heterocycles. The van der Waals surface area contributed by atoms with E-state index in [2.05, 4.69) is 120 Å². The van der Waals surface area contributed by atoms with Crippen LogP contribution in [0.4, 0.5) is 0 Å². The lowest BCUT2D eigenvalue weighted by atomic mass is 10.2. The number of rotatable bonds is 8. The van der Waals surface area contributed by atoms with Crippen LogP contribution in [0.25, 0.3) is 0 Å². The van der Waals surface area contributed by atoms with Crippen molar-refractivity contribution < 1.29 is 0 Å². The third-order valence-electron chi connectivity index (χ3n) is 8.43. The third kappa shape index (κ3) is 4.38. The second-order valence-electron chi connectivity index (χ2n) is 11.1. The Morgan fingerprint density at radius 1 is 0.393 bits per heavy atom. The second kappa shape index (κ2) is 10.1. The first-order chi connectivity index (χ1) is 12.9. The summed E-state index contributed by atoms with van der Waals surface area (Å²) in [6.45, 7) is 29.9. The van der Waals surface area contributed by atoms with E-state index >= 15 is 0 Å². The van der Waals surface area contributed by atoms with Crippen LogP contribution in [0.15, 0.2) is 36.5 Å². The molecular weight excluding hydrogens is 368 g/mol. The molecule has 2 atom stereocenters. The number of hydrogen-bond donors (Lipinski definition) is 0. The Morgan fingerprint density at radius 3 is 0.786 bits per heavy atom. The molecule has 1 rings (SSSR count). The van der Waals surface area contributed by atoms with Gasteiger partial charge in [0.25, 0.3) is 0 Å². The smallest absolute Gasteiger partial charge is 0.0724 e. The molecule has 0 spiro atoms. The Balaban J connectivity index is 3.56. The molecule has 0 bridgehead atoms. The van der Waals surface area contributed by atoms with E-state index in [-0.39, 0.29) is 0 Å². The summed E-state index contributed by atoms with van der Waals surface area (Å²) in [4.78, 5) is 0. The summed E-state index contributed by atoms with van der Waals surface area (Å²) in [6, 6.07) is 0. The maximum Gasteiger partial charge on any atom is 0.0724 e. The van der Waals surface area contributed by atoms with Crippen molar-refractivity contribution in [3.05, 3.63) is 36.5 Å². The van der Waals surface area contributed by atoms with Crippen LogP contribution in [0, 0.1) is 0 Å². The average Bonchev–Trinajstić information content (AvgIpc) is 2.50. The molecule has 0 aromatic heterocycles. The zero-order chi connectivity index (χ0) is 21.9. The normalized spacial score (nSPS) is 21.6. The average molecular weight is 419 g/mol. The van der Waals surface area contributed by atoms with E-state index in [0.29, 0.717) is 11.1 Å². The van der Waals surface area contributed by atoms with Crippen LogP contribution in [0.2, 0.25) is 44.3 Å². The van der Waals surface area contributed by atoms with Gasteiger partial charge < -0.3 is 0 Å². The molecule has 0 fully saturated rings. The van der Waals surface area contributed by atoms with E-state index in [1.807, 2.05) is 0 Å². The van der Waals surface area contributed by atoms with Crippen LogP contribution >= 0.6 is 0 Å². The maximum absolute atomic E-state index is 2.67. The Kier molecular flexibility index (Phi) is 9.28. The summed E-state index contributed by atoms with van der Waals surface area (Å²) in [5.74, 6) is 0. The highest BCUT2D eigenvalue weighted by Gasteiger charge is 2.49. The van der Waals surface area contributed by atoms with Crippen LogP contribution in [0.5, 0.6) is 0 Å². The van der Waals surface area contributed by atoms with Crippen molar-refractivity contribution in [2.75, 3.05) is 0 Å². The van der Waals surface area contributed by atoms with Crippen LogP contribution in [-0.2, 0) is 0 Å². The number of hydrogen-bond acceptors (Lipinski definition) is 0. The summed E-state index contributed by atoms with van der Waals surface area (Å²) in [5, 5.41) is 0. The van der Waals surface area contributed by atoms with Crippen LogP contribution in [0.1, 0.15) is 83.1 Å². The first kappa shape index (κ1) is 25.7. The molecule has 0 nitrogen and oxygen atoms in total. The highest BCUT2D eigenvalue weighted by molar-refractivity contribution is 6.86. The van der Waals surface area contributed by atoms with Gasteiger partial charge >= 0.3 is 0 Å². The van der Waals surface area contributed by atoms with Gasteiger partial charge in [0, 0.05) is 0 Å². The van der Waals surface area contributed by atoms with Gasteiger partial charge in [0.1, 0.15) is 0 Å². The highest BCUT2D eigenvalue weighted by Crippen LogP contribution is 2.53. The fourth-order valence-corrected chi connectivity index (χ4v) is 22.1. The molecule has 1 aliphatic carbocycles. The largest absolute Gasteiger partial charge is 0.0840 e. The molecule has 2 heteroatoms. The summed E-state index contributed by atoms with van der Waals surface area (Å²) in [5.41, 5.74) is 6.00. The third-order valence-corrected chi connectivity index (χ3v) is 23.5. The lowest BCUT2D eigenvalue weighted by molar-refractivity contribution is 0.781. The van der Waals surface area contributed by atoms with E-state index in [0.717, 1.165) is 33.2 Å². The maximum atomic E-state index is 2.67. The van der Waals surface area contributed by atoms with Gasteiger partial charge in [-0.25, -0.2) is 0 Å². The summed E-state index contributed by atoms with van der Waals surface area (Å²) >= 11 is 0. The van der Waals surface area contributed by atoms with Gasteiger partial charge in [0.2, 0.25) is 0 Å². The quantitative estimate of drug-likeness (QED) is 0.272. The Labute approximate surface area is 180 Å². The molecule has 2 unspecified atom stereocenters. The van der Waals surface area contributed by atoms with Crippen molar-refractivity contribution in [3.8, 4) is 0 Å². The molecule has 162 valence electrons. The van der Waals surface area contributed by atoms with Crippen LogP contribution in [0.3, 0.4) is 0 Å². The Bertz CT molecular complexity index is 467. The van der Waals surface area contributed by atoms with Crippen molar-refractivity contribution in [2.45, 2.75) is 127 Å². The lowest BCUT2D eigenvalue weighted by Crippen LogP contribution is -2.49. The fraction of sp³-hybridized carbons (Fsp3) is 0.769. The SMILES string of the molecule is CC(C)[Si](C(C)C)(C(C)C)C1C=CC=CC([Si](C(C)C)(C(C)C)C(C)C)C=C1. The van der Waals surface area contributed by atoms with E-state index in [4.69, 9.17) is 0 Å². The molecule has 0 radical (unpaired) electrons. The van der Waals surface area contributed by atoms with Crippen molar-refractivity contribution >= 4 is 16.1 Å². The van der Waals surface area contributed by atoms with Gasteiger partial charge in [-0.15, -0.1) is 0 Å². The van der Waals surface area contributed by atoms with Crippen LogP contribution in [-0.4, -0.2) is 16.1 Å². The summed E-state index contributed by atoms with van der Waals surface area (Å²) in [6.07, 6.45) is 15.2.